The summed E-state index contributed by atoms with van der Waals surface area (Å²) in [6, 6.07) is 4.00. The van der Waals surface area contributed by atoms with Gasteiger partial charge in [-0.05, 0) is 37.6 Å². The molecule has 1 aliphatic heterocycles. The first-order valence-electron chi connectivity index (χ1n) is 7.08. The quantitative estimate of drug-likeness (QED) is 0.888. The van der Waals surface area contributed by atoms with Crippen LogP contribution in [0.3, 0.4) is 0 Å². The van der Waals surface area contributed by atoms with Crippen LogP contribution in [0.15, 0.2) is 36.9 Å². The van der Waals surface area contributed by atoms with Crippen LogP contribution in [0.1, 0.15) is 30.0 Å². The number of hydrogen-bond acceptors (Lipinski definition) is 5. The van der Waals surface area contributed by atoms with E-state index in [1.54, 1.807) is 18.6 Å². The fourth-order valence-corrected chi connectivity index (χ4v) is 2.57. The number of rotatable bonds is 4. The van der Waals surface area contributed by atoms with Crippen molar-refractivity contribution in [3.05, 3.63) is 48.2 Å². The van der Waals surface area contributed by atoms with Crippen LogP contribution in [0.4, 0.5) is 5.82 Å². The van der Waals surface area contributed by atoms with Gasteiger partial charge in [0.2, 0.25) is 0 Å². The zero-order valence-electron chi connectivity index (χ0n) is 11.4. The number of nitrogens with one attached hydrogen (secondary N) is 2. The second kappa shape index (κ2) is 6.43. The number of anilines is 1. The molecule has 3 rings (SSSR count). The van der Waals surface area contributed by atoms with Crippen LogP contribution < -0.4 is 10.6 Å². The maximum absolute atomic E-state index is 4.55. The highest BCUT2D eigenvalue weighted by atomic mass is 15.0. The normalized spacial score (nSPS) is 16.0. The summed E-state index contributed by atoms with van der Waals surface area (Å²) in [4.78, 5) is 13.1. The average Bonchev–Trinajstić information content (AvgIpc) is 2.55. The average molecular weight is 269 g/mol. The van der Waals surface area contributed by atoms with Crippen molar-refractivity contribution >= 4 is 5.82 Å². The Morgan fingerprint density at radius 3 is 2.80 bits per heavy atom. The summed E-state index contributed by atoms with van der Waals surface area (Å²) in [5.41, 5.74) is 2.24. The molecule has 2 N–H and O–H groups in total. The number of piperidine rings is 1. The lowest BCUT2D eigenvalue weighted by Crippen LogP contribution is -2.27. The lowest BCUT2D eigenvalue weighted by molar-refractivity contribution is 0.453. The lowest BCUT2D eigenvalue weighted by atomic mass is 9.94. The van der Waals surface area contributed by atoms with Crippen molar-refractivity contribution < 1.29 is 0 Å². The van der Waals surface area contributed by atoms with Crippen LogP contribution in [0.2, 0.25) is 0 Å². The molecule has 0 atom stereocenters. The van der Waals surface area contributed by atoms with Crippen LogP contribution in [0.25, 0.3) is 0 Å². The summed E-state index contributed by atoms with van der Waals surface area (Å²) in [7, 11) is 0. The van der Waals surface area contributed by atoms with Crippen molar-refractivity contribution in [3.63, 3.8) is 0 Å². The maximum Gasteiger partial charge on any atom is 0.148 e. The molecule has 0 spiro atoms. The topological polar surface area (TPSA) is 62.7 Å². The Morgan fingerprint density at radius 1 is 1.15 bits per heavy atom. The highest BCUT2D eigenvalue weighted by molar-refractivity contribution is 5.42. The summed E-state index contributed by atoms with van der Waals surface area (Å²) in [6.07, 6.45) is 9.43. The molecule has 3 heterocycles. The fraction of sp³-hybridized carbons (Fsp3) is 0.400. The van der Waals surface area contributed by atoms with Crippen molar-refractivity contribution in [3.8, 4) is 0 Å². The Kier molecular flexibility index (Phi) is 4.18. The summed E-state index contributed by atoms with van der Waals surface area (Å²) in [5.74, 6) is 1.41. The van der Waals surface area contributed by atoms with Crippen LogP contribution in [-0.2, 0) is 6.54 Å². The van der Waals surface area contributed by atoms with Gasteiger partial charge in [0.25, 0.3) is 0 Å². The predicted molar refractivity (Wildman–Crippen MR) is 78.4 cm³/mol. The van der Waals surface area contributed by atoms with Crippen molar-refractivity contribution in [1.82, 2.24) is 20.3 Å². The molecule has 2 aromatic heterocycles. The van der Waals surface area contributed by atoms with E-state index in [2.05, 4.69) is 31.7 Å². The van der Waals surface area contributed by atoms with Crippen LogP contribution >= 0.6 is 0 Å². The van der Waals surface area contributed by atoms with E-state index in [0.717, 1.165) is 49.6 Å². The van der Waals surface area contributed by atoms with E-state index in [0.29, 0.717) is 5.92 Å². The minimum absolute atomic E-state index is 0.501. The number of nitrogens with zero attached hydrogens (tertiary/aromatic N) is 3. The van der Waals surface area contributed by atoms with Crippen LogP contribution in [0, 0.1) is 0 Å². The Hall–Kier alpha value is -2.01. The van der Waals surface area contributed by atoms with Crippen molar-refractivity contribution in [2.45, 2.75) is 25.3 Å². The van der Waals surface area contributed by atoms with Gasteiger partial charge in [0.15, 0.2) is 0 Å². The van der Waals surface area contributed by atoms with E-state index in [1.807, 2.05) is 12.3 Å². The molecule has 0 unspecified atom stereocenters. The fourth-order valence-electron chi connectivity index (χ4n) is 2.57. The molecular weight excluding hydrogens is 250 g/mol. The molecule has 20 heavy (non-hydrogen) atoms. The van der Waals surface area contributed by atoms with Crippen LogP contribution in [-0.4, -0.2) is 28.0 Å². The van der Waals surface area contributed by atoms with Crippen LogP contribution in [0.5, 0.6) is 0 Å². The Labute approximate surface area is 118 Å². The molecule has 5 nitrogen and oxygen atoms in total. The largest absolute Gasteiger partial charge is 0.364 e. The minimum Gasteiger partial charge on any atom is -0.364 e. The highest BCUT2D eigenvalue weighted by Crippen LogP contribution is 2.27. The molecule has 0 aromatic carbocycles. The van der Waals surface area contributed by atoms with E-state index in [-0.39, 0.29) is 0 Å². The SMILES string of the molecule is c1cncc(CNc2nccnc2C2CCNCC2)c1. The summed E-state index contributed by atoms with van der Waals surface area (Å²) in [6.45, 7) is 2.84. The van der Waals surface area contributed by atoms with Gasteiger partial charge in [-0.2, -0.15) is 0 Å². The van der Waals surface area contributed by atoms with Crippen molar-refractivity contribution in [2.24, 2.45) is 0 Å². The third-order valence-electron chi connectivity index (χ3n) is 3.64. The molecule has 1 saturated heterocycles. The number of aromatic nitrogens is 3. The van der Waals surface area contributed by atoms with Gasteiger partial charge in [0, 0.05) is 37.3 Å². The molecule has 1 aliphatic rings. The van der Waals surface area contributed by atoms with Gasteiger partial charge < -0.3 is 10.6 Å². The molecule has 0 radical (unpaired) electrons. The standard InChI is InChI=1S/C15H19N5/c1-2-12(10-17-5-1)11-20-15-14(18-8-9-19-15)13-3-6-16-7-4-13/h1-2,5,8-10,13,16H,3-4,6-7,11H2,(H,19,20). The molecule has 0 aliphatic carbocycles. The Balaban J connectivity index is 1.72. The van der Waals surface area contributed by atoms with Gasteiger partial charge in [0.1, 0.15) is 5.82 Å². The highest BCUT2D eigenvalue weighted by Gasteiger charge is 2.20. The van der Waals surface area contributed by atoms with E-state index in [9.17, 15) is 0 Å². The van der Waals surface area contributed by atoms with Gasteiger partial charge in [-0.3, -0.25) is 9.97 Å². The zero-order chi connectivity index (χ0) is 13.6. The molecule has 1 fully saturated rings. The molecule has 2 aromatic rings. The predicted octanol–water partition coefficient (Wildman–Crippen LogP) is 1.95. The summed E-state index contributed by atoms with van der Waals surface area (Å²) < 4.78 is 0. The first-order chi connectivity index (χ1) is 9.93. The number of pyridine rings is 1. The van der Waals surface area contributed by atoms with Crippen molar-refractivity contribution in [2.75, 3.05) is 18.4 Å². The zero-order valence-corrected chi connectivity index (χ0v) is 11.4. The third-order valence-corrected chi connectivity index (χ3v) is 3.64. The van der Waals surface area contributed by atoms with Gasteiger partial charge in [-0.15, -0.1) is 0 Å². The van der Waals surface area contributed by atoms with Gasteiger partial charge in [0.05, 0.1) is 5.69 Å². The first-order valence-corrected chi connectivity index (χ1v) is 7.08. The molecule has 0 amide bonds. The van der Waals surface area contributed by atoms with Crippen molar-refractivity contribution in [1.29, 1.82) is 0 Å². The monoisotopic (exact) mass is 269 g/mol. The molecule has 5 heteroatoms. The van der Waals surface area contributed by atoms with Gasteiger partial charge in [-0.1, -0.05) is 6.07 Å². The van der Waals surface area contributed by atoms with E-state index >= 15 is 0 Å². The summed E-state index contributed by atoms with van der Waals surface area (Å²) in [5, 5.41) is 6.78. The second-order valence-electron chi connectivity index (χ2n) is 5.03. The van der Waals surface area contributed by atoms with E-state index < -0.39 is 0 Å². The lowest BCUT2D eigenvalue weighted by Gasteiger charge is -2.23. The second-order valence-corrected chi connectivity index (χ2v) is 5.03. The number of hydrogen-bond donors (Lipinski definition) is 2. The molecule has 0 saturated carbocycles. The van der Waals surface area contributed by atoms with E-state index in [4.69, 9.17) is 0 Å². The molecule has 0 bridgehead atoms. The molecular formula is C15H19N5. The Morgan fingerprint density at radius 2 is 2.00 bits per heavy atom. The molecule has 104 valence electrons. The maximum atomic E-state index is 4.55. The summed E-state index contributed by atoms with van der Waals surface area (Å²) >= 11 is 0. The first kappa shape index (κ1) is 13.0. The van der Waals surface area contributed by atoms with E-state index in [1.165, 1.54) is 0 Å². The minimum atomic E-state index is 0.501. The smallest absolute Gasteiger partial charge is 0.148 e. The third kappa shape index (κ3) is 3.11. The van der Waals surface area contributed by atoms with Gasteiger partial charge >= 0.3 is 0 Å². The van der Waals surface area contributed by atoms with Gasteiger partial charge in [-0.25, -0.2) is 4.98 Å². The Bertz CT molecular complexity index is 537.